The largest absolute Gasteiger partial charge is 0.486 e. The van der Waals surface area contributed by atoms with Crippen molar-refractivity contribution in [1.29, 1.82) is 0 Å². The maximum atomic E-state index is 13.0. The van der Waals surface area contributed by atoms with Gasteiger partial charge in [-0.15, -0.1) is 0 Å². The number of fused-ring (bicyclic) bond motifs is 1. The van der Waals surface area contributed by atoms with Gasteiger partial charge in [-0.05, 0) is 54.5 Å². The first-order valence-corrected chi connectivity index (χ1v) is 12.3. The highest BCUT2D eigenvalue weighted by atomic mass is 32.2. The SMILES string of the molecule is CCS(=O)(=O)N(CC(=O)Nc1ccc2c3c(cccc13)CC2)c1ccc2c(c1)OCCO2. The Bertz CT molecular complexity index is 1310. The molecule has 2 aliphatic rings. The molecule has 0 atom stereocenters. The molecular formula is C24H24N2O5S. The fraction of sp³-hybridized carbons (Fsp3) is 0.292. The Morgan fingerprint density at radius 3 is 2.53 bits per heavy atom. The average Bonchev–Trinajstić information content (AvgIpc) is 3.23. The summed E-state index contributed by atoms with van der Waals surface area (Å²) in [7, 11) is -3.70. The Labute approximate surface area is 187 Å². The molecule has 0 bridgehead atoms. The summed E-state index contributed by atoms with van der Waals surface area (Å²) in [5.41, 5.74) is 3.61. The van der Waals surface area contributed by atoms with E-state index in [-0.39, 0.29) is 12.3 Å². The highest BCUT2D eigenvalue weighted by Gasteiger charge is 2.26. The predicted octanol–water partition coefficient (Wildman–Crippen LogP) is 3.50. The van der Waals surface area contributed by atoms with E-state index in [1.54, 1.807) is 25.1 Å². The Kier molecular flexibility index (Phi) is 5.17. The van der Waals surface area contributed by atoms with Crippen LogP contribution < -0.4 is 19.1 Å². The van der Waals surface area contributed by atoms with E-state index in [2.05, 4.69) is 11.4 Å². The van der Waals surface area contributed by atoms with Gasteiger partial charge in [-0.2, -0.15) is 0 Å². The third kappa shape index (κ3) is 3.64. The van der Waals surface area contributed by atoms with Crippen LogP contribution in [-0.4, -0.2) is 39.8 Å². The molecule has 32 heavy (non-hydrogen) atoms. The summed E-state index contributed by atoms with van der Waals surface area (Å²) in [4.78, 5) is 13.0. The first kappa shape index (κ1) is 20.6. The van der Waals surface area contributed by atoms with Crippen molar-refractivity contribution in [2.45, 2.75) is 19.8 Å². The molecule has 1 aliphatic carbocycles. The number of rotatable bonds is 6. The Morgan fingerprint density at radius 2 is 1.75 bits per heavy atom. The molecule has 0 spiro atoms. The zero-order valence-corrected chi connectivity index (χ0v) is 18.6. The Hall–Kier alpha value is -3.26. The van der Waals surface area contributed by atoms with Gasteiger partial charge < -0.3 is 14.8 Å². The van der Waals surface area contributed by atoms with Gasteiger partial charge >= 0.3 is 0 Å². The van der Waals surface area contributed by atoms with E-state index >= 15 is 0 Å². The van der Waals surface area contributed by atoms with Crippen LogP contribution in [0.5, 0.6) is 11.5 Å². The van der Waals surface area contributed by atoms with Crippen molar-refractivity contribution < 1.29 is 22.7 Å². The highest BCUT2D eigenvalue weighted by molar-refractivity contribution is 7.92. The summed E-state index contributed by atoms with van der Waals surface area (Å²) < 4.78 is 37.9. The second-order valence-electron chi connectivity index (χ2n) is 7.90. The molecule has 8 heteroatoms. The number of hydrogen-bond donors (Lipinski definition) is 1. The highest BCUT2D eigenvalue weighted by Crippen LogP contribution is 2.36. The summed E-state index contributed by atoms with van der Waals surface area (Å²) in [6, 6.07) is 14.9. The number of aryl methyl sites for hydroxylation is 2. The van der Waals surface area contributed by atoms with Gasteiger partial charge in [0.15, 0.2) is 11.5 Å². The monoisotopic (exact) mass is 452 g/mol. The van der Waals surface area contributed by atoms with E-state index in [1.807, 2.05) is 24.3 Å². The minimum Gasteiger partial charge on any atom is -0.486 e. The number of nitrogens with zero attached hydrogens (tertiary/aromatic N) is 1. The number of ether oxygens (including phenoxy) is 2. The molecule has 166 valence electrons. The van der Waals surface area contributed by atoms with Crippen LogP contribution in [0, 0.1) is 0 Å². The number of benzene rings is 3. The lowest BCUT2D eigenvalue weighted by Gasteiger charge is -2.25. The van der Waals surface area contributed by atoms with E-state index < -0.39 is 15.9 Å². The molecule has 3 aromatic carbocycles. The number of sulfonamides is 1. The third-order valence-electron chi connectivity index (χ3n) is 5.95. The van der Waals surface area contributed by atoms with Crippen molar-refractivity contribution in [3.63, 3.8) is 0 Å². The zero-order chi connectivity index (χ0) is 22.3. The molecule has 7 nitrogen and oxygen atoms in total. The maximum Gasteiger partial charge on any atom is 0.245 e. The molecule has 1 aliphatic heterocycles. The van der Waals surface area contributed by atoms with Gasteiger partial charge in [0.2, 0.25) is 15.9 Å². The minimum atomic E-state index is -3.70. The number of hydrogen-bond acceptors (Lipinski definition) is 5. The van der Waals surface area contributed by atoms with Crippen molar-refractivity contribution in [3.8, 4) is 11.5 Å². The second-order valence-corrected chi connectivity index (χ2v) is 10.1. The smallest absolute Gasteiger partial charge is 0.245 e. The summed E-state index contributed by atoms with van der Waals surface area (Å²) in [6.07, 6.45) is 1.99. The summed E-state index contributed by atoms with van der Waals surface area (Å²) in [5, 5.41) is 5.10. The number of anilines is 2. The number of nitrogens with one attached hydrogen (secondary N) is 1. The van der Waals surface area contributed by atoms with E-state index in [4.69, 9.17) is 9.47 Å². The average molecular weight is 453 g/mol. The van der Waals surface area contributed by atoms with Gasteiger partial charge in [0.25, 0.3) is 0 Å². The minimum absolute atomic E-state index is 0.129. The van der Waals surface area contributed by atoms with Gasteiger partial charge in [0, 0.05) is 17.1 Å². The van der Waals surface area contributed by atoms with E-state index in [0.29, 0.717) is 36.1 Å². The van der Waals surface area contributed by atoms with Crippen molar-refractivity contribution in [2.24, 2.45) is 0 Å². The van der Waals surface area contributed by atoms with Gasteiger partial charge in [-0.3, -0.25) is 9.10 Å². The molecule has 1 heterocycles. The quantitative estimate of drug-likeness (QED) is 0.619. The lowest BCUT2D eigenvalue weighted by Crippen LogP contribution is -2.39. The Balaban J connectivity index is 1.44. The number of carbonyl (C=O) groups excluding carboxylic acids is 1. The zero-order valence-electron chi connectivity index (χ0n) is 17.8. The molecule has 0 saturated heterocycles. The van der Waals surface area contributed by atoms with Crippen LogP contribution in [0.2, 0.25) is 0 Å². The first-order valence-electron chi connectivity index (χ1n) is 10.7. The van der Waals surface area contributed by atoms with Crippen molar-refractivity contribution in [3.05, 3.63) is 59.7 Å². The van der Waals surface area contributed by atoms with E-state index in [1.165, 1.54) is 16.5 Å². The van der Waals surface area contributed by atoms with Crippen LogP contribution >= 0.6 is 0 Å². The number of amides is 1. The van der Waals surface area contributed by atoms with Gasteiger partial charge in [-0.25, -0.2) is 8.42 Å². The predicted molar refractivity (Wildman–Crippen MR) is 124 cm³/mol. The topological polar surface area (TPSA) is 84.9 Å². The van der Waals surface area contributed by atoms with Crippen LogP contribution in [0.15, 0.2) is 48.5 Å². The lowest BCUT2D eigenvalue weighted by atomic mass is 10.0. The van der Waals surface area contributed by atoms with Crippen molar-refractivity contribution >= 4 is 38.1 Å². The van der Waals surface area contributed by atoms with Crippen molar-refractivity contribution in [2.75, 3.05) is 35.1 Å². The fourth-order valence-corrected chi connectivity index (χ4v) is 5.43. The van der Waals surface area contributed by atoms with Crippen molar-refractivity contribution in [1.82, 2.24) is 0 Å². The lowest BCUT2D eigenvalue weighted by molar-refractivity contribution is -0.114. The molecule has 0 aromatic heterocycles. The number of carbonyl (C=O) groups is 1. The van der Waals surface area contributed by atoms with Gasteiger partial charge in [0.1, 0.15) is 19.8 Å². The van der Waals surface area contributed by atoms with Gasteiger partial charge in [-0.1, -0.05) is 24.3 Å². The van der Waals surface area contributed by atoms with E-state index in [0.717, 1.165) is 22.5 Å². The maximum absolute atomic E-state index is 13.0. The van der Waals surface area contributed by atoms with Crippen LogP contribution in [0.25, 0.3) is 10.8 Å². The molecule has 0 unspecified atom stereocenters. The second kappa shape index (κ2) is 8.02. The molecular weight excluding hydrogens is 428 g/mol. The van der Waals surface area contributed by atoms with Crippen LogP contribution in [0.4, 0.5) is 11.4 Å². The molecule has 5 rings (SSSR count). The normalized spacial score (nSPS) is 14.4. The molecule has 0 radical (unpaired) electrons. The molecule has 3 aromatic rings. The molecule has 0 saturated carbocycles. The fourth-order valence-electron chi connectivity index (χ4n) is 4.37. The first-order chi connectivity index (χ1) is 15.5. The van der Waals surface area contributed by atoms with Crippen LogP contribution in [-0.2, 0) is 27.7 Å². The van der Waals surface area contributed by atoms with Crippen LogP contribution in [0.1, 0.15) is 18.1 Å². The van der Waals surface area contributed by atoms with Crippen LogP contribution in [0.3, 0.4) is 0 Å². The summed E-state index contributed by atoms with van der Waals surface area (Å²) in [5.74, 6) is 0.496. The summed E-state index contributed by atoms with van der Waals surface area (Å²) >= 11 is 0. The molecule has 0 fully saturated rings. The standard InChI is InChI=1S/C24H24N2O5S/c1-2-32(28,29)26(18-9-11-21-22(14-18)31-13-12-30-21)15-23(27)25-20-10-8-17-7-6-16-4-3-5-19(20)24(16)17/h3-5,8-11,14H,2,6-7,12-13,15H2,1H3,(H,25,27). The van der Waals surface area contributed by atoms with E-state index in [9.17, 15) is 13.2 Å². The molecule has 1 N–H and O–H groups in total. The third-order valence-corrected chi connectivity index (χ3v) is 7.69. The van der Waals surface area contributed by atoms with Gasteiger partial charge in [0.05, 0.1) is 11.4 Å². The molecule has 1 amide bonds. The Morgan fingerprint density at radius 1 is 1.00 bits per heavy atom. The summed E-state index contributed by atoms with van der Waals surface area (Å²) in [6.45, 7) is 2.06.